The molecule has 4 heteroatoms. The van der Waals surface area contributed by atoms with Crippen molar-refractivity contribution in [1.82, 2.24) is 0 Å². The summed E-state index contributed by atoms with van der Waals surface area (Å²) < 4.78 is 14.9. The van der Waals surface area contributed by atoms with Crippen LogP contribution in [0, 0.1) is 20.0 Å². The average Bonchev–Trinajstić information content (AvgIpc) is 2.43. The molecule has 0 saturated heterocycles. The van der Waals surface area contributed by atoms with Gasteiger partial charge in [0, 0.05) is 0 Å². The van der Waals surface area contributed by atoms with Gasteiger partial charge >= 0.3 is 0 Å². The van der Waals surface area contributed by atoms with Crippen molar-refractivity contribution < 1.29 is 4.39 Å². The molecule has 0 aliphatic rings. The number of fused-ring (bicyclic) bond motifs is 1. The van der Waals surface area contributed by atoms with Gasteiger partial charge in [-0.3, -0.25) is 0 Å². The maximum atomic E-state index is 12.9. The minimum Gasteiger partial charge on any atom is -0.207 e. The van der Waals surface area contributed by atoms with Gasteiger partial charge in [-0.05, 0) is 46.2 Å². The number of hydrogen-bond donors (Lipinski definition) is 0. The van der Waals surface area contributed by atoms with Crippen molar-refractivity contribution in [2.45, 2.75) is 0 Å². The van der Waals surface area contributed by atoms with Crippen molar-refractivity contribution in [2.75, 3.05) is 0 Å². The van der Waals surface area contributed by atoms with E-state index in [2.05, 4.69) is 22.6 Å². The first kappa shape index (κ1) is 8.91. The highest BCUT2D eigenvalue weighted by Gasteiger charge is 2.06. The summed E-state index contributed by atoms with van der Waals surface area (Å²) in [5.41, 5.74) is 0.419. The molecule has 0 aliphatic carbocycles. The van der Waals surface area contributed by atoms with Crippen molar-refractivity contribution in [1.29, 1.82) is 5.26 Å². The van der Waals surface area contributed by atoms with Crippen LogP contribution in [-0.2, 0) is 0 Å². The molecule has 2 rings (SSSR count). The quantitative estimate of drug-likeness (QED) is 0.683. The molecule has 1 heterocycles. The summed E-state index contributed by atoms with van der Waals surface area (Å²) in [7, 11) is 0. The first-order valence-electron chi connectivity index (χ1n) is 3.49. The highest BCUT2D eigenvalue weighted by atomic mass is 127. The molecule has 1 aromatic heterocycles. The second kappa shape index (κ2) is 3.24. The van der Waals surface area contributed by atoms with E-state index in [0.717, 1.165) is 13.0 Å². The Hall–Kier alpha value is -0.670. The van der Waals surface area contributed by atoms with Gasteiger partial charge in [-0.2, -0.15) is 5.26 Å². The van der Waals surface area contributed by atoms with Crippen LogP contribution in [0.3, 0.4) is 0 Å². The molecular weight excluding hydrogens is 300 g/mol. The van der Waals surface area contributed by atoms with Gasteiger partial charge in [0.2, 0.25) is 0 Å². The van der Waals surface area contributed by atoms with Gasteiger partial charge < -0.3 is 0 Å². The summed E-state index contributed by atoms with van der Waals surface area (Å²) in [5, 5.41) is 9.57. The van der Waals surface area contributed by atoms with Gasteiger partial charge in [0.05, 0.1) is 13.1 Å². The summed E-state index contributed by atoms with van der Waals surface area (Å²) in [6.45, 7) is 0. The fourth-order valence-corrected chi connectivity index (χ4v) is 3.00. The van der Waals surface area contributed by atoms with Crippen molar-refractivity contribution in [3.8, 4) is 6.07 Å². The lowest BCUT2D eigenvalue weighted by Gasteiger charge is -1.92. The maximum absolute atomic E-state index is 12.9. The first-order valence-corrected chi connectivity index (χ1v) is 5.39. The number of rotatable bonds is 0. The Labute approximate surface area is 91.9 Å². The molecule has 0 N–H and O–H groups in total. The summed E-state index contributed by atoms with van der Waals surface area (Å²) in [5.74, 6) is -0.349. The molecule has 0 aliphatic heterocycles. The molecule has 0 amide bonds. The zero-order valence-corrected chi connectivity index (χ0v) is 9.32. The van der Waals surface area contributed by atoms with E-state index >= 15 is 0 Å². The Morgan fingerprint density at radius 2 is 2.15 bits per heavy atom. The topological polar surface area (TPSA) is 23.8 Å². The van der Waals surface area contributed by atoms with Crippen LogP contribution in [0.2, 0.25) is 0 Å². The highest BCUT2D eigenvalue weighted by Crippen LogP contribution is 2.30. The number of benzene rings is 1. The molecule has 1 nitrogen and oxygen atoms in total. The molecule has 13 heavy (non-hydrogen) atoms. The van der Waals surface area contributed by atoms with Crippen LogP contribution in [0.4, 0.5) is 4.39 Å². The van der Waals surface area contributed by atoms with E-state index in [-0.39, 0.29) is 5.82 Å². The van der Waals surface area contributed by atoms with E-state index in [9.17, 15) is 4.39 Å². The molecular formula is C9H3FINS. The predicted octanol–water partition coefficient (Wildman–Crippen LogP) is 3.52. The van der Waals surface area contributed by atoms with Gasteiger partial charge in [0.15, 0.2) is 0 Å². The van der Waals surface area contributed by atoms with E-state index in [1.807, 2.05) is 12.1 Å². The maximum Gasteiger partial charge on any atom is 0.125 e. The van der Waals surface area contributed by atoms with Crippen molar-refractivity contribution in [3.05, 3.63) is 32.5 Å². The Bertz CT molecular complexity index is 512. The third-order valence-corrected chi connectivity index (χ3v) is 3.62. The number of hydrogen-bond acceptors (Lipinski definition) is 2. The Morgan fingerprint density at radius 3 is 2.85 bits per heavy atom. The summed E-state index contributed by atoms with van der Waals surface area (Å²) >= 11 is 3.67. The average molecular weight is 303 g/mol. The van der Waals surface area contributed by atoms with Crippen LogP contribution in [0.25, 0.3) is 10.1 Å². The lowest BCUT2D eigenvalue weighted by Crippen LogP contribution is -1.78. The SMILES string of the molecule is N#Cc1cc(F)cc2cc(I)sc12. The normalized spacial score (nSPS) is 10.2. The van der Waals surface area contributed by atoms with Gasteiger partial charge in [-0.15, -0.1) is 11.3 Å². The fraction of sp³-hybridized carbons (Fsp3) is 0. The Balaban J connectivity index is 2.90. The number of thiophene rings is 1. The molecule has 0 bridgehead atoms. The standard InChI is InChI=1S/C9H3FINS/c10-7-1-5-3-8(11)13-9(5)6(2-7)4-12/h1-3H. The minimum atomic E-state index is -0.349. The van der Waals surface area contributed by atoms with Crippen molar-refractivity contribution in [3.63, 3.8) is 0 Å². The second-order valence-electron chi connectivity index (χ2n) is 2.53. The summed E-state index contributed by atoms with van der Waals surface area (Å²) in [6.07, 6.45) is 0. The number of halogens is 2. The molecule has 0 fully saturated rings. The Morgan fingerprint density at radius 1 is 1.38 bits per heavy atom. The molecule has 0 radical (unpaired) electrons. The number of nitrogens with zero attached hydrogens (tertiary/aromatic N) is 1. The van der Waals surface area contributed by atoms with Gasteiger partial charge in [-0.1, -0.05) is 0 Å². The van der Waals surface area contributed by atoms with E-state index in [4.69, 9.17) is 5.26 Å². The van der Waals surface area contributed by atoms with E-state index in [1.54, 1.807) is 0 Å². The molecule has 0 atom stereocenters. The Kier molecular flexibility index (Phi) is 2.22. The summed E-state index contributed by atoms with van der Waals surface area (Å²) in [4.78, 5) is 0. The van der Waals surface area contributed by atoms with Gasteiger partial charge in [0.25, 0.3) is 0 Å². The smallest absolute Gasteiger partial charge is 0.125 e. The molecule has 0 spiro atoms. The van der Waals surface area contributed by atoms with Crippen LogP contribution >= 0.6 is 33.9 Å². The predicted molar refractivity (Wildman–Crippen MR) is 59.2 cm³/mol. The molecule has 2 aromatic rings. The van der Waals surface area contributed by atoms with Crippen LogP contribution in [0.5, 0.6) is 0 Å². The third-order valence-electron chi connectivity index (χ3n) is 1.67. The van der Waals surface area contributed by atoms with E-state index in [0.29, 0.717) is 5.56 Å². The lowest BCUT2D eigenvalue weighted by atomic mass is 10.2. The monoisotopic (exact) mass is 303 g/mol. The molecule has 64 valence electrons. The second-order valence-corrected chi connectivity index (χ2v) is 5.48. The molecule has 0 saturated carbocycles. The molecule has 1 aromatic carbocycles. The van der Waals surface area contributed by atoms with E-state index < -0.39 is 0 Å². The van der Waals surface area contributed by atoms with Crippen molar-refractivity contribution >= 4 is 44.0 Å². The van der Waals surface area contributed by atoms with E-state index in [1.165, 1.54) is 23.5 Å². The third kappa shape index (κ3) is 1.54. The minimum absolute atomic E-state index is 0.349. The van der Waals surface area contributed by atoms with Gasteiger partial charge in [-0.25, -0.2) is 4.39 Å². The zero-order chi connectivity index (χ0) is 9.42. The lowest BCUT2D eigenvalue weighted by molar-refractivity contribution is 0.629. The summed E-state index contributed by atoms with van der Waals surface area (Å²) in [6, 6.07) is 6.60. The largest absolute Gasteiger partial charge is 0.207 e. The zero-order valence-electron chi connectivity index (χ0n) is 6.34. The molecule has 0 unspecified atom stereocenters. The van der Waals surface area contributed by atoms with Gasteiger partial charge in [0.1, 0.15) is 11.9 Å². The van der Waals surface area contributed by atoms with Crippen LogP contribution in [0.15, 0.2) is 18.2 Å². The first-order chi connectivity index (χ1) is 6.20. The van der Waals surface area contributed by atoms with Crippen LogP contribution in [0.1, 0.15) is 5.56 Å². The highest BCUT2D eigenvalue weighted by molar-refractivity contribution is 14.1. The van der Waals surface area contributed by atoms with Crippen LogP contribution < -0.4 is 0 Å². The van der Waals surface area contributed by atoms with Crippen LogP contribution in [-0.4, -0.2) is 0 Å². The fourth-order valence-electron chi connectivity index (χ4n) is 1.17. The number of nitriles is 1. The van der Waals surface area contributed by atoms with Crippen molar-refractivity contribution in [2.24, 2.45) is 0 Å².